The minimum Gasteiger partial charge on any atom is -0.258 e. The normalized spacial score (nSPS) is 9.30. The first-order valence-corrected chi connectivity index (χ1v) is 5.20. The molecule has 2 rings (SSSR count). The molecule has 0 bridgehead atoms. The molecule has 0 atom stereocenters. The molecule has 0 aliphatic heterocycles. The summed E-state index contributed by atoms with van der Waals surface area (Å²) < 4.78 is 24.4. The zero-order valence-electron chi connectivity index (χ0n) is 9.90. The molecule has 0 N–H and O–H groups in total. The summed E-state index contributed by atoms with van der Waals surface area (Å²) in [5, 5.41) is 20.0. The molecular formula is C12H8F2N2O4. The number of hydrogen-bond donors (Lipinski definition) is 0. The molecule has 6 nitrogen and oxygen atoms in total. The van der Waals surface area contributed by atoms with E-state index in [0.717, 1.165) is 6.07 Å². The predicted molar refractivity (Wildman–Crippen MR) is 66.1 cm³/mol. The Hall–Kier alpha value is -2.90. The van der Waals surface area contributed by atoms with Crippen molar-refractivity contribution in [2.75, 3.05) is 0 Å². The van der Waals surface area contributed by atoms with Crippen LogP contribution < -0.4 is 0 Å². The summed E-state index contributed by atoms with van der Waals surface area (Å²) in [5.41, 5.74) is -0.318. The molecule has 0 fully saturated rings. The van der Waals surface area contributed by atoms with E-state index < -0.39 is 27.2 Å². The molecule has 0 heterocycles. The van der Waals surface area contributed by atoms with Gasteiger partial charge < -0.3 is 0 Å². The topological polar surface area (TPSA) is 86.3 Å². The van der Waals surface area contributed by atoms with Crippen LogP contribution in [0.5, 0.6) is 0 Å². The summed E-state index contributed by atoms with van der Waals surface area (Å²) in [5.74, 6) is -2.30. The van der Waals surface area contributed by atoms with Crippen LogP contribution in [0.15, 0.2) is 48.5 Å². The highest BCUT2D eigenvalue weighted by Gasteiger charge is 2.09. The Labute approximate surface area is 111 Å². The van der Waals surface area contributed by atoms with Crippen molar-refractivity contribution in [1.29, 1.82) is 0 Å². The Bertz CT molecular complexity index is 620. The van der Waals surface area contributed by atoms with E-state index in [4.69, 9.17) is 0 Å². The van der Waals surface area contributed by atoms with Gasteiger partial charge in [-0.1, -0.05) is 18.2 Å². The van der Waals surface area contributed by atoms with Crippen LogP contribution in [0.4, 0.5) is 20.2 Å². The number of nitrogens with zero attached hydrogens (tertiary/aromatic N) is 2. The van der Waals surface area contributed by atoms with Crippen LogP contribution in [0.2, 0.25) is 0 Å². The Balaban J connectivity index is 0.000000204. The Morgan fingerprint density at radius 1 is 0.750 bits per heavy atom. The molecule has 104 valence electrons. The summed E-state index contributed by atoms with van der Waals surface area (Å²) in [6.07, 6.45) is 0. The zero-order chi connectivity index (χ0) is 15.1. The van der Waals surface area contributed by atoms with Gasteiger partial charge >= 0.3 is 0 Å². The Morgan fingerprint density at radius 2 is 1.30 bits per heavy atom. The molecule has 0 aliphatic rings. The van der Waals surface area contributed by atoms with Crippen molar-refractivity contribution >= 4 is 11.4 Å². The van der Waals surface area contributed by atoms with E-state index in [1.165, 1.54) is 12.1 Å². The van der Waals surface area contributed by atoms with Gasteiger partial charge in [-0.2, -0.15) is 0 Å². The predicted octanol–water partition coefficient (Wildman–Crippen LogP) is 3.47. The van der Waals surface area contributed by atoms with E-state index in [1.807, 2.05) is 0 Å². The van der Waals surface area contributed by atoms with Crippen molar-refractivity contribution in [2.45, 2.75) is 0 Å². The van der Waals surface area contributed by atoms with E-state index in [0.29, 0.717) is 12.1 Å². The van der Waals surface area contributed by atoms with Crippen molar-refractivity contribution in [1.82, 2.24) is 0 Å². The van der Waals surface area contributed by atoms with Gasteiger partial charge in [0.25, 0.3) is 11.4 Å². The van der Waals surface area contributed by atoms with Crippen molar-refractivity contribution in [3.8, 4) is 0 Å². The number of halogens is 2. The van der Waals surface area contributed by atoms with E-state index in [1.54, 1.807) is 18.2 Å². The lowest BCUT2D eigenvalue weighted by atomic mass is 10.3. The molecule has 0 saturated carbocycles. The fourth-order valence-electron chi connectivity index (χ4n) is 1.15. The Kier molecular flexibility index (Phi) is 5.21. The Morgan fingerprint density at radius 3 is 1.70 bits per heavy atom. The fraction of sp³-hybridized carbons (Fsp3) is 0. The molecule has 0 unspecified atom stereocenters. The molecule has 0 aromatic heterocycles. The largest absolute Gasteiger partial charge is 0.272 e. The molecule has 0 aliphatic carbocycles. The molecule has 0 amide bonds. The molecule has 20 heavy (non-hydrogen) atoms. The van der Waals surface area contributed by atoms with Gasteiger partial charge in [-0.3, -0.25) is 20.2 Å². The number of rotatable bonds is 2. The van der Waals surface area contributed by atoms with Crippen LogP contribution in [0, 0.1) is 31.9 Å². The van der Waals surface area contributed by atoms with Crippen molar-refractivity contribution in [3.63, 3.8) is 0 Å². The van der Waals surface area contributed by atoms with Crippen LogP contribution in [0.25, 0.3) is 0 Å². The average molecular weight is 282 g/mol. The first-order chi connectivity index (χ1) is 9.41. The highest BCUT2D eigenvalue weighted by molar-refractivity contribution is 5.30. The van der Waals surface area contributed by atoms with Gasteiger partial charge in [0.1, 0.15) is 0 Å². The second-order valence-corrected chi connectivity index (χ2v) is 3.45. The van der Waals surface area contributed by atoms with Crippen molar-refractivity contribution in [2.24, 2.45) is 0 Å². The minimum absolute atomic E-state index is 0.137. The van der Waals surface area contributed by atoms with Gasteiger partial charge in [-0.15, -0.1) is 0 Å². The highest BCUT2D eigenvalue weighted by atomic mass is 19.2. The summed E-state index contributed by atoms with van der Waals surface area (Å²) in [6.45, 7) is 0. The van der Waals surface area contributed by atoms with Gasteiger partial charge in [0.15, 0.2) is 11.6 Å². The van der Waals surface area contributed by atoms with Gasteiger partial charge in [0, 0.05) is 18.2 Å². The van der Waals surface area contributed by atoms with Crippen LogP contribution in [-0.2, 0) is 0 Å². The van der Waals surface area contributed by atoms with Crippen LogP contribution >= 0.6 is 0 Å². The lowest BCUT2D eigenvalue weighted by Gasteiger charge is -1.91. The summed E-state index contributed by atoms with van der Waals surface area (Å²) >= 11 is 0. The van der Waals surface area contributed by atoms with E-state index in [-0.39, 0.29) is 5.69 Å². The molecule has 2 aromatic rings. The van der Waals surface area contributed by atoms with Crippen LogP contribution in [-0.4, -0.2) is 9.85 Å². The third-order valence-electron chi connectivity index (χ3n) is 2.08. The average Bonchev–Trinajstić information content (AvgIpc) is 2.43. The van der Waals surface area contributed by atoms with Crippen molar-refractivity contribution < 1.29 is 18.6 Å². The summed E-state index contributed by atoms with van der Waals surface area (Å²) in [6, 6.07) is 10.1. The molecule has 0 radical (unpaired) electrons. The quantitative estimate of drug-likeness (QED) is 0.623. The number of nitro groups is 2. The molecular weight excluding hydrogens is 274 g/mol. The van der Waals surface area contributed by atoms with E-state index in [9.17, 15) is 29.0 Å². The standard InChI is InChI=1S/C6H3F2NO2.C6H5NO2/c7-5-2-1-4(9(10)11)3-6(5)8;8-7(9)6-4-2-1-3-5-6/h1-3H;1-5H. The molecule has 0 saturated heterocycles. The molecule has 8 heteroatoms. The number of nitro benzene ring substituents is 2. The maximum atomic E-state index is 12.3. The maximum absolute atomic E-state index is 12.3. The second kappa shape index (κ2) is 6.88. The first-order valence-electron chi connectivity index (χ1n) is 5.20. The smallest absolute Gasteiger partial charge is 0.258 e. The summed E-state index contributed by atoms with van der Waals surface area (Å²) in [4.78, 5) is 18.8. The number of hydrogen-bond acceptors (Lipinski definition) is 4. The lowest BCUT2D eigenvalue weighted by Crippen LogP contribution is -1.90. The monoisotopic (exact) mass is 282 g/mol. The van der Waals surface area contributed by atoms with Crippen molar-refractivity contribution in [3.05, 3.63) is 80.4 Å². The van der Waals surface area contributed by atoms with Gasteiger partial charge in [-0.25, -0.2) is 8.78 Å². The van der Waals surface area contributed by atoms with Crippen LogP contribution in [0.1, 0.15) is 0 Å². The second-order valence-electron chi connectivity index (χ2n) is 3.45. The first kappa shape index (κ1) is 15.2. The number of benzene rings is 2. The third-order valence-corrected chi connectivity index (χ3v) is 2.08. The molecule has 0 spiro atoms. The van der Waals surface area contributed by atoms with Gasteiger partial charge in [0.05, 0.1) is 15.9 Å². The maximum Gasteiger partial charge on any atom is 0.272 e. The van der Waals surface area contributed by atoms with Gasteiger partial charge in [-0.05, 0) is 6.07 Å². The number of para-hydroxylation sites is 1. The van der Waals surface area contributed by atoms with E-state index in [2.05, 4.69) is 0 Å². The fourth-order valence-corrected chi connectivity index (χ4v) is 1.15. The number of non-ortho nitro benzene ring substituents is 2. The summed E-state index contributed by atoms with van der Waals surface area (Å²) in [7, 11) is 0. The highest BCUT2D eigenvalue weighted by Crippen LogP contribution is 2.14. The zero-order valence-corrected chi connectivity index (χ0v) is 9.90. The van der Waals surface area contributed by atoms with Crippen LogP contribution in [0.3, 0.4) is 0 Å². The van der Waals surface area contributed by atoms with E-state index >= 15 is 0 Å². The molecule has 2 aromatic carbocycles. The minimum atomic E-state index is -1.21. The van der Waals surface area contributed by atoms with Gasteiger partial charge in [0.2, 0.25) is 0 Å². The lowest BCUT2D eigenvalue weighted by molar-refractivity contribution is -0.385. The third kappa shape index (κ3) is 4.41. The SMILES string of the molecule is O=[N+]([O-])c1ccc(F)c(F)c1.O=[N+]([O-])c1ccccc1.